The summed E-state index contributed by atoms with van der Waals surface area (Å²) >= 11 is 0. The number of halogens is 2. The van der Waals surface area contributed by atoms with Crippen molar-refractivity contribution in [1.29, 1.82) is 0 Å². The fourth-order valence-corrected chi connectivity index (χ4v) is 6.51. The first-order valence-corrected chi connectivity index (χ1v) is 13.3. The Balaban J connectivity index is 1.28. The molecule has 2 fully saturated rings. The summed E-state index contributed by atoms with van der Waals surface area (Å²) in [6, 6.07) is 12.5. The van der Waals surface area contributed by atoms with Gasteiger partial charge in [0.25, 0.3) is 0 Å². The molecule has 1 aromatic heterocycles. The van der Waals surface area contributed by atoms with Gasteiger partial charge in [0.1, 0.15) is 5.75 Å². The summed E-state index contributed by atoms with van der Waals surface area (Å²) < 4.78 is 33.0. The van der Waals surface area contributed by atoms with Gasteiger partial charge in [-0.05, 0) is 67.7 Å². The van der Waals surface area contributed by atoms with E-state index in [2.05, 4.69) is 22.0 Å². The molecule has 9 nitrogen and oxygen atoms in total. The van der Waals surface area contributed by atoms with Gasteiger partial charge in [-0.2, -0.15) is 8.78 Å². The number of alkyl halides is 2. The topological polar surface area (TPSA) is 104 Å². The number of aliphatic carboxylic acids is 1. The van der Waals surface area contributed by atoms with Crippen molar-refractivity contribution in [3.63, 3.8) is 0 Å². The summed E-state index contributed by atoms with van der Waals surface area (Å²) in [5, 5.41) is 12.9. The van der Waals surface area contributed by atoms with E-state index in [9.17, 15) is 18.7 Å². The van der Waals surface area contributed by atoms with Gasteiger partial charge in [0.05, 0.1) is 23.0 Å². The minimum Gasteiger partial charge on any atom is -0.481 e. The quantitative estimate of drug-likeness (QED) is 0.328. The van der Waals surface area contributed by atoms with E-state index in [1.807, 2.05) is 40.7 Å². The molecule has 40 heavy (non-hydrogen) atoms. The fraction of sp³-hybridized carbons (Fsp3) is 0.379. The Morgan fingerprint density at radius 2 is 1.98 bits per heavy atom. The number of carboxylic acid groups (broad SMARTS) is 1. The lowest BCUT2D eigenvalue weighted by atomic mass is 9.85. The number of nitrogens with zero attached hydrogens (tertiary/aromatic N) is 5. The number of hydrogen-bond acceptors (Lipinski definition) is 5. The normalized spacial score (nSPS) is 24.4. The predicted molar refractivity (Wildman–Crippen MR) is 149 cm³/mol. The summed E-state index contributed by atoms with van der Waals surface area (Å²) in [5.41, 5.74) is 4.11. The zero-order valence-corrected chi connectivity index (χ0v) is 22.0. The number of piperidine rings is 1. The molecule has 2 N–H and O–H groups in total. The number of likely N-dealkylation sites (tertiary alicyclic amines) is 1. The zero-order valence-electron chi connectivity index (χ0n) is 22.0. The van der Waals surface area contributed by atoms with Crippen molar-refractivity contribution in [3.05, 3.63) is 59.8 Å². The Morgan fingerprint density at radius 1 is 1.23 bits per heavy atom. The summed E-state index contributed by atoms with van der Waals surface area (Å²) in [5.74, 6) is 0.487. The smallest absolute Gasteiger partial charge is 0.387 e. The number of carboxylic acids is 1. The minimum absolute atomic E-state index is 0.0948. The van der Waals surface area contributed by atoms with Crippen LogP contribution >= 0.6 is 0 Å². The molecule has 2 aromatic carbocycles. The highest BCUT2D eigenvalue weighted by molar-refractivity contribution is 5.87. The molecule has 2 aliphatic heterocycles. The lowest BCUT2D eigenvalue weighted by molar-refractivity contribution is -0.146. The van der Waals surface area contributed by atoms with E-state index >= 15 is 0 Å². The van der Waals surface area contributed by atoms with Gasteiger partial charge in [-0.1, -0.05) is 24.3 Å². The standard InChI is InChI=1S/C29H30F2N6O3/c1-16(12-33-28(32-2)36-14-18-7-8-19(15-36)25(18)26(38)39)17-9-10-21-22(11-17)37-23(13-34-29(37)35-21)20-5-3-4-6-24(20)40-27(30)31/h3-6,9-12,18-19,23,25,27H,2,7-8,13-15H2,1H3,(H,34,35)(H,38,39)/b16-12+,33-28+/t18-,19+,23?,25-. The molecule has 0 radical (unpaired) electrons. The first-order valence-electron chi connectivity index (χ1n) is 13.3. The first kappa shape index (κ1) is 26.0. The molecule has 0 amide bonds. The largest absolute Gasteiger partial charge is 0.481 e. The lowest BCUT2D eigenvalue weighted by Gasteiger charge is -2.36. The van der Waals surface area contributed by atoms with Gasteiger partial charge < -0.3 is 24.6 Å². The summed E-state index contributed by atoms with van der Waals surface area (Å²) in [7, 11) is 0. The van der Waals surface area contributed by atoms with Crippen molar-refractivity contribution in [2.45, 2.75) is 32.4 Å². The van der Waals surface area contributed by atoms with Gasteiger partial charge in [-0.15, -0.1) is 0 Å². The molecule has 0 spiro atoms. The molecule has 3 aliphatic rings. The molecule has 2 bridgehead atoms. The number of fused-ring (bicyclic) bond motifs is 5. The summed E-state index contributed by atoms with van der Waals surface area (Å²) in [6.45, 7) is 4.46. The monoisotopic (exact) mass is 548 g/mol. The van der Waals surface area contributed by atoms with E-state index in [0.29, 0.717) is 37.1 Å². The van der Waals surface area contributed by atoms with E-state index in [1.165, 1.54) is 0 Å². The second kappa shape index (κ2) is 10.4. The Bertz CT molecular complexity index is 1520. The van der Waals surface area contributed by atoms with Crippen LogP contribution in [0, 0.1) is 17.8 Å². The first-order chi connectivity index (χ1) is 19.3. The minimum atomic E-state index is -2.91. The van der Waals surface area contributed by atoms with Gasteiger partial charge in [0.15, 0.2) is 0 Å². The van der Waals surface area contributed by atoms with E-state index in [1.54, 1.807) is 24.4 Å². The van der Waals surface area contributed by atoms with Crippen molar-refractivity contribution < 1.29 is 23.4 Å². The van der Waals surface area contributed by atoms with Crippen LogP contribution in [0.5, 0.6) is 5.75 Å². The summed E-state index contributed by atoms with van der Waals surface area (Å²) in [4.78, 5) is 27.2. The van der Waals surface area contributed by atoms with Crippen LogP contribution in [0.25, 0.3) is 16.6 Å². The highest BCUT2D eigenvalue weighted by Crippen LogP contribution is 2.42. The highest BCUT2D eigenvalue weighted by Gasteiger charge is 2.46. The van der Waals surface area contributed by atoms with E-state index < -0.39 is 12.6 Å². The Kier molecular flexibility index (Phi) is 6.73. The van der Waals surface area contributed by atoms with E-state index in [-0.39, 0.29) is 29.5 Å². The molecular formula is C29H30F2N6O3. The number of hydrogen-bond donors (Lipinski definition) is 2. The number of ether oxygens (including phenoxy) is 1. The number of allylic oxidation sites excluding steroid dienone is 1. The number of guanidine groups is 1. The molecule has 1 saturated carbocycles. The van der Waals surface area contributed by atoms with Crippen LogP contribution in [0.1, 0.15) is 36.9 Å². The molecule has 1 aliphatic carbocycles. The van der Waals surface area contributed by atoms with Crippen molar-refractivity contribution >= 4 is 41.2 Å². The van der Waals surface area contributed by atoms with Gasteiger partial charge in [-0.25, -0.2) is 15.0 Å². The number of aromatic nitrogens is 2. The van der Waals surface area contributed by atoms with Crippen LogP contribution in [-0.2, 0) is 4.79 Å². The van der Waals surface area contributed by atoms with Crippen molar-refractivity contribution in [3.8, 4) is 5.75 Å². The third-order valence-corrected chi connectivity index (χ3v) is 8.32. The molecule has 208 valence electrons. The molecule has 1 unspecified atom stereocenters. The van der Waals surface area contributed by atoms with Crippen molar-refractivity contribution in [2.24, 2.45) is 27.7 Å². The Labute approximate surface area is 229 Å². The molecule has 3 aromatic rings. The molecule has 3 heterocycles. The summed E-state index contributed by atoms with van der Waals surface area (Å²) in [6.07, 6.45) is 3.56. The Hall–Kier alpha value is -4.28. The number of para-hydroxylation sites is 1. The number of imidazole rings is 1. The number of aliphatic imine (C=N–C) groups is 2. The maximum Gasteiger partial charge on any atom is 0.387 e. The number of carbonyl (C=O) groups is 1. The Morgan fingerprint density at radius 3 is 2.67 bits per heavy atom. The van der Waals surface area contributed by atoms with Crippen LogP contribution in [0.4, 0.5) is 14.7 Å². The third kappa shape index (κ3) is 4.59. The number of benzene rings is 2. The second-order valence-electron chi connectivity index (χ2n) is 10.6. The number of anilines is 1. The van der Waals surface area contributed by atoms with Crippen molar-refractivity contribution in [1.82, 2.24) is 14.5 Å². The predicted octanol–water partition coefficient (Wildman–Crippen LogP) is 5.11. The van der Waals surface area contributed by atoms with Gasteiger partial charge >= 0.3 is 12.6 Å². The number of nitrogens with one attached hydrogen (secondary N) is 1. The van der Waals surface area contributed by atoms with E-state index in [0.717, 1.165) is 35.0 Å². The molecule has 6 rings (SSSR count). The van der Waals surface area contributed by atoms with Crippen molar-refractivity contribution in [2.75, 3.05) is 25.0 Å². The maximum absolute atomic E-state index is 13.1. The third-order valence-electron chi connectivity index (χ3n) is 8.32. The fourth-order valence-electron chi connectivity index (χ4n) is 6.51. The SMILES string of the molecule is C=N/C(=N\C=C(/C)c1ccc2nc3n(c2c1)C(c1ccccc1OC(F)F)CN3)N1C[C@H]2CC[C@@H](C1)[C@@H]2C(=O)O. The van der Waals surface area contributed by atoms with Gasteiger partial charge in [-0.3, -0.25) is 4.79 Å². The van der Waals surface area contributed by atoms with Crippen LogP contribution in [-0.4, -0.2) is 64.4 Å². The second-order valence-corrected chi connectivity index (χ2v) is 10.6. The molecule has 4 atom stereocenters. The van der Waals surface area contributed by atoms with Crippen LogP contribution in [0.3, 0.4) is 0 Å². The van der Waals surface area contributed by atoms with Crippen LogP contribution in [0.15, 0.2) is 58.6 Å². The average molecular weight is 549 g/mol. The number of rotatable bonds is 6. The van der Waals surface area contributed by atoms with Crippen LogP contribution in [0.2, 0.25) is 0 Å². The molecule has 11 heteroatoms. The van der Waals surface area contributed by atoms with E-state index in [4.69, 9.17) is 9.72 Å². The maximum atomic E-state index is 13.1. The lowest BCUT2D eigenvalue weighted by Crippen LogP contribution is -2.46. The molecule has 1 saturated heterocycles. The van der Waals surface area contributed by atoms with Crippen LogP contribution < -0.4 is 10.1 Å². The van der Waals surface area contributed by atoms with Gasteiger partial charge in [0.2, 0.25) is 11.9 Å². The zero-order chi connectivity index (χ0) is 28.0. The highest BCUT2D eigenvalue weighted by atomic mass is 19.3. The average Bonchev–Trinajstić information content (AvgIpc) is 3.58. The molecular weight excluding hydrogens is 518 g/mol. The van der Waals surface area contributed by atoms with Gasteiger partial charge in [0, 0.05) is 31.4 Å².